The van der Waals surface area contributed by atoms with E-state index in [1.54, 1.807) is 57.1 Å². The number of benzene rings is 2. The standard InChI is InChI=1S/C29H35F2N5O4.C24H27F2N5O2/c1-17(20-8-7-9-21(14-20)29(30,31)16-37)32-24-23-15-22(26(38)35(6)25(23)34-18(2)33-24)19-10-12-36(13-11-19)27(39)40-28(3,4)5;1-14(17-5-4-6-18(11-17)24(25,26)13-32)28-21-20-12-19(16-7-9-27-10-8-16)23(33)31(3)22(20)30-15(2)29-21/h7-10,14-15,17,37H,11-13,16H2,1-6H3,(H,32,33,34);4-7,11-12,14,27,32H,8-10,13H2,1-3H3,(H,28,29,30)/t17-;14-/m11/s1. The highest BCUT2D eigenvalue weighted by molar-refractivity contribution is 5.91. The average molecular weight is 1010 g/mol. The molecule has 0 unspecified atom stereocenters. The average Bonchev–Trinajstić information content (AvgIpc) is 3.36. The highest BCUT2D eigenvalue weighted by atomic mass is 19.3. The van der Waals surface area contributed by atoms with E-state index in [-0.39, 0.29) is 28.3 Å². The van der Waals surface area contributed by atoms with Gasteiger partial charge >= 0.3 is 6.09 Å². The molecule has 4 aromatic heterocycles. The minimum Gasteiger partial charge on any atom is -0.444 e. The lowest BCUT2D eigenvalue weighted by Crippen LogP contribution is -2.39. The van der Waals surface area contributed by atoms with E-state index in [9.17, 15) is 31.9 Å². The van der Waals surface area contributed by atoms with E-state index in [0.717, 1.165) is 24.1 Å². The van der Waals surface area contributed by atoms with Gasteiger partial charge in [-0.3, -0.25) is 18.7 Å². The molecule has 0 fully saturated rings. The van der Waals surface area contributed by atoms with Crippen LogP contribution in [0, 0.1) is 13.8 Å². The van der Waals surface area contributed by atoms with Crippen molar-refractivity contribution in [2.75, 3.05) is 50.0 Å². The van der Waals surface area contributed by atoms with Gasteiger partial charge in [-0.15, -0.1) is 0 Å². The number of anilines is 2. The van der Waals surface area contributed by atoms with Crippen molar-refractivity contribution in [1.29, 1.82) is 0 Å². The van der Waals surface area contributed by atoms with Gasteiger partial charge in [0, 0.05) is 68.1 Å². The minimum absolute atomic E-state index is 0.119. The Hall–Kier alpha value is -7.03. The maximum absolute atomic E-state index is 14.1. The maximum atomic E-state index is 14.1. The predicted octanol–water partition coefficient (Wildman–Crippen LogP) is 8.19. The topological polar surface area (TPSA) is 202 Å². The van der Waals surface area contributed by atoms with Crippen LogP contribution in [0.4, 0.5) is 34.0 Å². The van der Waals surface area contributed by atoms with Crippen LogP contribution in [0.2, 0.25) is 0 Å². The Bertz CT molecular complexity index is 3240. The van der Waals surface area contributed by atoms with Gasteiger partial charge in [0.15, 0.2) is 0 Å². The van der Waals surface area contributed by atoms with Gasteiger partial charge in [0.2, 0.25) is 0 Å². The molecule has 0 aliphatic carbocycles. The molecule has 2 aliphatic heterocycles. The molecule has 0 saturated carbocycles. The molecule has 5 N–H and O–H groups in total. The molecule has 20 heteroatoms. The second kappa shape index (κ2) is 21.6. The first-order chi connectivity index (χ1) is 34.4. The van der Waals surface area contributed by atoms with E-state index in [1.165, 1.54) is 39.5 Å². The summed E-state index contributed by atoms with van der Waals surface area (Å²) in [6.07, 6.45) is 4.69. The van der Waals surface area contributed by atoms with Crippen LogP contribution in [0.25, 0.3) is 33.2 Å². The van der Waals surface area contributed by atoms with Crippen LogP contribution in [0.5, 0.6) is 0 Å². The van der Waals surface area contributed by atoms with Crippen molar-refractivity contribution in [1.82, 2.24) is 39.3 Å². The molecule has 0 saturated heterocycles. The van der Waals surface area contributed by atoms with Crippen molar-refractivity contribution in [3.63, 3.8) is 0 Å². The second-order valence-corrected chi connectivity index (χ2v) is 19.4. The van der Waals surface area contributed by atoms with E-state index in [0.29, 0.717) is 93.7 Å². The lowest BCUT2D eigenvalue weighted by molar-refractivity contribution is -0.0558. The summed E-state index contributed by atoms with van der Waals surface area (Å²) in [5, 5.41) is 29.2. The molecule has 2 aliphatic rings. The summed E-state index contributed by atoms with van der Waals surface area (Å²) < 4.78 is 64.6. The third-order valence-corrected chi connectivity index (χ3v) is 12.7. The molecule has 2 atom stereocenters. The zero-order valence-electron chi connectivity index (χ0n) is 42.4. The summed E-state index contributed by atoms with van der Waals surface area (Å²) in [7, 11) is 3.33. The third kappa shape index (κ3) is 12.1. The van der Waals surface area contributed by atoms with Crippen LogP contribution >= 0.6 is 0 Å². The number of aliphatic hydroxyl groups excluding tert-OH is 2. The Morgan fingerprint density at radius 3 is 1.59 bits per heavy atom. The van der Waals surface area contributed by atoms with Crippen molar-refractivity contribution in [2.45, 2.75) is 90.8 Å². The zero-order valence-corrected chi connectivity index (χ0v) is 42.4. The number of aryl methyl sites for hydroxylation is 4. The number of aromatic nitrogens is 6. The lowest BCUT2D eigenvalue weighted by atomic mass is 9.99. The molecule has 388 valence electrons. The molecule has 0 bridgehead atoms. The van der Waals surface area contributed by atoms with Crippen LogP contribution < -0.4 is 27.1 Å². The number of hydrogen-bond acceptors (Lipinski definition) is 13. The smallest absolute Gasteiger partial charge is 0.410 e. The first kappa shape index (κ1) is 53.8. The van der Waals surface area contributed by atoms with Crippen molar-refractivity contribution >= 4 is 50.9 Å². The van der Waals surface area contributed by atoms with Gasteiger partial charge in [-0.05, 0) is 114 Å². The van der Waals surface area contributed by atoms with Crippen molar-refractivity contribution in [3.8, 4) is 0 Å². The summed E-state index contributed by atoms with van der Waals surface area (Å²) in [5.41, 5.74) is 3.54. The summed E-state index contributed by atoms with van der Waals surface area (Å²) >= 11 is 0. The van der Waals surface area contributed by atoms with Crippen LogP contribution in [0.15, 0.2) is 82.4 Å². The van der Waals surface area contributed by atoms with Gasteiger partial charge in [0.05, 0.1) is 10.8 Å². The molecular weight excluding hydrogens is 949 g/mol. The molecule has 8 rings (SSSR count). The first-order valence-corrected chi connectivity index (χ1v) is 24.0. The Kier molecular flexibility index (Phi) is 15.9. The number of fused-ring (bicyclic) bond motifs is 2. The van der Waals surface area contributed by atoms with Crippen LogP contribution in [-0.4, -0.2) is 95.3 Å². The molecule has 0 spiro atoms. The highest BCUT2D eigenvalue weighted by Gasteiger charge is 2.32. The normalized spacial score (nSPS) is 15.2. The summed E-state index contributed by atoms with van der Waals surface area (Å²) in [4.78, 5) is 58.5. The fourth-order valence-electron chi connectivity index (χ4n) is 8.66. The second-order valence-electron chi connectivity index (χ2n) is 19.4. The number of carbonyl (C=O) groups excluding carboxylic acids is 1. The number of pyridine rings is 2. The number of carbonyl (C=O) groups is 1. The number of nitrogens with zero attached hydrogens (tertiary/aromatic N) is 7. The van der Waals surface area contributed by atoms with Crippen LogP contribution in [0.1, 0.15) is 105 Å². The largest absolute Gasteiger partial charge is 0.444 e. The van der Waals surface area contributed by atoms with Gasteiger partial charge < -0.3 is 35.8 Å². The van der Waals surface area contributed by atoms with E-state index >= 15 is 0 Å². The number of amides is 1. The molecular formula is C53H62F4N10O6. The molecule has 0 radical (unpaired) electrons. The quantitative estimate of drug-likeness (QED) is 0.0736. The molecule has 73 heavy (non-hydrogen) atoms. The van der Waals surface area contributed by atoms with Crippen molar-refractivity contribution in [3.05, 3.63) is 139 Å². The summed E-state index contributed by atoms with van der Waals surface area (Å²) in [6.45, 7) is 12.2. The van der Waals surface area contributed by atoms with Crippen LogP contribution in [-0.2, 0) is 30.7 Å². The van der Waals surface area contributed by atoms with Crippen molar-refractivity contribution in [2.24, 2.45) is 14.1 Å². The highest BCUT2D eigenvalue weighted by Crippen LogP contribution is 2.34. The van der Waals surface area contributed by atoms with E-state index in [1.807, 2.05) is 52.8 Å². The van der Waals surface area contributed by atoms with Gasteiger partial charge in [-0.2, -0.15) is 17.6 Å². The lowest BCUT2D eigenvalue weighted by Gasteiger charge is -2.29. The first-order valence-electron chi connectivity index (χ1n) is 24.0. The summed E-state index contributed by atoms with van der Waals surface area (Å²) in [6, 6.07) is 14.6. The number of rotatable bonds is 12. The number of alkyl halides is 4. The number of nitrogens with one attached hydrogen (secondary N) is 3. The molecule has 6 heterocycles. The number of ether oxygens (including phenoxy) is 1. The van der Waals surface area contributed by atoms with E-state index < -0.39 is 42.8 Å². The molecule has 6 aromatic rings. The number of halogens is 4. The monoisotopic (exact) mass is 1010 g/mol. The van der Waals surface area contributed by atoms with Gasteiger partial charge in [-0.1, -0.05) is 48.6 Å². The Labute approximate surface area is 419 Å². The van der Waals surface area contributed by atoms with Gasteiger partial charge in [0.25, 0.3) is 23.0 Å². The maximum Gasteiger partial charge on any atom is 0.410 e. The molecule has 1 amide bonds. The SMILES string of the molecule is Cc1nc(N[C@H](C)c2cccc(C(F)(F)CO)c2)c2cc(C3=CCN(C(=O)OC(C)(C)C)CC3)c(=O)n(C)c2n1.Cc1nc(N[C@H](C)c2cccc(C(F)(F)CO)c2)c2cc(C3=CCNCC3)c(=O)n(C)c2n1. The predicted molar refractivity (Wildman–Crippen MR) is 274 cm³/mol. The minimum atomic E-state index is -3.35. The number of aliphatic hydroxyl groups is 2. The van der Waals surface area contributed by atoms with E-state index in [2.05, 4.69) is 35.9 Å². The zero-order chi connectivity index (χ0) is 53.2. The molecule has 16 nitrogen and oxygen atoms in total. The van der Waals surface area contributed by atoms with Gasteiger partial charge in [-0.25, -0.2) is 24.7 Å². The van der Waals surface area contributed by atoms with Gasteiger partial charge in [0.1, 0.15) is 53.4 Å². The Balaban J connectivity index is 0.000000218. The number of hydrogen-bond donors (Lipinski definition) is 5. The third-order valence-electron chi connectivity index (χ3n) is 12.7. The van der Waals surface area contributed by atoms with E-state index in [4.69, 9.17) is 14.9 Å². The fourth-order valence-corrected chi connectivity index (χ4v) is 8.66. The molecule has 2 aromatic carbocycles. The summed E-state index contributed by atoms with van der Waals surface area (Å²) in [5.74, 6) is -4.76. The van der Waals surface area contributed by atoms with Crippen LogP contribution in [0.3, 0.4) is 0 Å². The Morgan fingerprint density at radius 2 is 1.19 bits per heavy atom. The Morgan fingerprint density at radius 1 is 0.726 bits per heavy atom. The van der Waals surface area contributed by atoms with Crippen molar-refractivity contribution < 1.29 is 37.3 Å². The fraction of sp³-hybridized carbons (Fsp3) is 0.415.